The van der Waals surface area contributed by atoms with E-state index in [9.17, 15) is 0 Å². The molecule has 0 radical (unpaired) electrons. The zero-order chi connectivity index (χ0) is 36.3. The van der Waals surface area contributed by atoms with Crippen LogP contribution in [0.2, 0.25) is 0 Å². The smallest absolute Gasteiger partial charge is 0.197 e. The summed E-state index contributed by atoms with van der Waals surface area (Å²) in [5.41, 5.74) is 15.8. The average molecular weight is 691 g/mol. The number of aromatic nitrogens is 3. The highest BCUT2D eigenvalue weighted by Crippen LogP contribution is 2.44. The second kappa shape index (κ2) is 12.5. The Kier molecular flexibility index (Phi) is 7.28. The van der Waals surface area contributed by atoms with Gasteiger partial charge in [-0.25, -0.2) is 4.85 Å². The molecule has 0 unspecified atom stereocenters. The van der Waals surface area contributed by atoms with Crippen molar-refractivity contribution in [1.82, 2.24) is 14.1 Å². The van der Waals surface area contributed by atoms with Crippen molar-refractivity contribution >= 4 is 49.3 Å². The number of aryl methyl sites for hydroxylation is 2. The second-order valence-corrected chi connectivity index (χ2v) is 14.1. The third-order valence-corrected chi connectivity index (χ3v) is 10.8. The van der Waals surface area contributed by atoms with E-state index < -0.39 is 0 Å². The van der Waals surface area contributed by atoms with E-state index in [2.05, 4.69) is 178 Å². The molecule has 0 fully saturated rings. The van der Waals surface area contributed by atoms with Gasteiger partial charge in [-0.1, -0.05) is 120 Å². The molecule has 4 heteroatoms. The van der Waals surface area contributed by atoms with Crippen molar-refractivity contribution in [2.75, 3.05) is 0 Å². The van der Waals surface area contributed by atoms with Crippen LogP contribution in [-0.2, 0) is 0 Å². The molecule has 0 saturated carbocycles. The zero-order valence-electron chi connectivity index (χ0n) is 30.0. The number of nitrogens with zero attached hydrogens (tertiary/aromatic N) is 4. The Labute approximate surface area is 313 Å². The molecule has 0 aliphatic rings. The summed E-state index contributed by atoms with van der Waals surface area (Å²) in [7, 11) is 0. The molecule has 4 nitrogen and oxygen atoms in total. The lowest BCUT2D eigenvalue weighted by Crippen LogP contribution is -2.04. The van der Waals surface area contributed by atoms with Crippen LogP contribution >= 0.6 is 0 Å². The molecule has 0 spiro atoms. The standard InChI is InChI=1S/C50H34N4/c1-32-12-16-34(17-13-32)37-20-22-41-39-8-4-6-10-45(39)53(47(41)28-37)49-30-43(36-24-26-52-27-25-36)44(51-3)31-50(49)54-46-11-7-5-9-40(46)42-23-21-38(29-48(42)54)35-18-14-33(2)15-19-35/h4-31H,1-2H3. The number of hydrogen-bond donors (Lipinski definition) is 0. The van der Waals surface area contributed by atoms with Gasteiger partial charge in [-0.05, 0) is 95.8 Å². The van der Waals surface area contributed by atoms with Gasteiger partial charge in [-0.3, -0.25) is 4.98 Å². The summed E-state index contributed by atoms with van der Waals surface area (Å²) < 4.78 is 4.77. The first-order valence-electron chi connectivity index (χ1n) is 18.2. The molecular formula is C50H34N4. The number of rotatable bonds is 5. The number of benzene rings is 7. The molecule has 3 aromatic heterocycles. The van der Waals surface area contributed by atoms with Gasteiger partial charge in [0.1, 0.15) is 0 Å². The van der Waals surface area contributed by atoms with Gasteiger partial charge in [0.25, 0.3) is 0 Å². The van der Waals surface area contributed by atoms with E-state index in [1.807, 2.05) is 12.1 Å². The second-order valence-electron chi connectivity index (χ2n) is 14.1. The lowest BCUT2D eigenvalue weighted by molar-refractivity contribution is 1.10. The van der Waals surface area contributed by atoms with Crippen LogP contribution in [0.4, 0.5) is 5.69 Å². The molecule has 0 amide bonds. The van der Waals surface area contributed by atoms with Crippen LogP contribution in [0, 0.1) is 20.4 Å². The van der Waals surface area contributed by atoms with E-state index in [1.165, 1.54) is 43.8 Å². The fourth-order valence-electron chi connectivity index (χ4n) is 8.09. The van der Waals surface area contributed by atoms with Crippen molar-refractivity contribution in [3.05, 3.63) is 193 Å². The Morgan fingerprint density at radius 1 is 0.426 bits per heavy atom. The van der Waals surface area contributed by atoms with E-state index in [1.54, 1.807) is 12.4 Å². The van der Waals surface area contributed by atoms with Crippen molar-refractivity contribution in [3.63, 3.8) is 0 Å². The van der Waals surface area contributed by atoms with Crippen molar-refractivity contribution in [2.45, 2.75) is 13.8 Å². The summed E-state index contributed by atoms with van der Waals surface area (Å²) in [5, 5.41) is 4.69. The molecule has 54 heavy (non-hydrogen) atoms. The van der Waals surface area contributed by atoms with E-state index in [0.29, 0.717) is 5.69 Å². The molecular weight excluding hydrogens is 657 g/mol. The Hall–Kier alpha value is -7.22. The maximum atomic E-state index is 8.48. The van der Waals surface area contributed by atoms with Crippen LogP contribution in [0.5, 0.6) is 0 Å². The molecule has 0 atom stereocenters. The summed E-state index contributed by atoms with van der Waals surface area (Å²) in [5.74, 6) is 0. The Morgan fingerprint density at radius 3 is 1.37 bits per heavy atom. The number of hydrogen-bond acceptors (Lipinski definition) is 1. The quantitative estimate of drug-likeness (QED) is 0.165. The number of pyridine rings is 1. The normalized spacial score (nSPS) is 11.5. The minimum absolute atomic E-state index is 0.585. The minimum Gasteiger partial charge on any atom is -0.308 e. The molecule has 10 aromatic rings. The van der Waals surface area contributed by atoms with Gasteiger partial charge in [0, 0.05) is 33.9 Å². The molecule has 0 saturated heterocycles. The van der Waals surface area contributed by atoms with Crippen molar-refractivity contribution in [2.24, 2.45) is 0 Å². The van der Waals surface area contributed by atoms with Crippen LogP contribution in [0.1, 0.15) is 11.1 Å². The SMILES string of the molecule is [C-]#[N+]c1cc(-n2c3ccccc3c3ccc(-c4ccc(C)cc4)cc32)c(-n2c3ccccc3c3ccc(-c4ccc(C)cc4)cc32)cc1-c1ccncc1. The summed E-state index contributed by atoms with van der Waals surface area (Å²) in [6, 6.07) is 56.6. The number of fused-ring (bicyclic) bond motifs is 6. The predicted molar refractivity (Wildman–Crippen MR) is 225 cm³/mol. The summed E-state index contributed by atoms with van der Waals surface area (Å²) >= 11 is 0. The molecule has 10 rings (SSSR count). The lowest BCUT2D eigenvalue weighted by atomic mass is 10.0. The highest BCUT2D eigenvalue weighted by molar-refractivity contribution is 6.13. The van der Waals surface area contributed by atoms with Crippen LogP contribution in [-0.4, -0.2) is 14.1 Å². The molecule has 3 heterocycles. The topological polar surface area (TPSA) is 27.1 Å². The third-order valence-electron chi connectivity index (χ3n) is 10.8. The van der Waals surface area contributed by atoms with Crippen molar-refractivity contribution in [3.8, 4) is 44.8 Å². The van der Waals surface area contributed by atoms with Gasteiger partial charge in [0.05, 0.1) is 40.0 Å². The fraction of sp³-hybridized carbons (Fsp3) is 0.0400. The maximum Gasteiger partial charge on any atom is 0.197 e. The molecule has 0 aliphatic heterocycles. The highest BCUT2D eigenvalue weighted by Gasteiger charge is 2.23. The van der Waals surface area contributed by atoms with E-state index in [0.717, 1.165) is 55.7 Å². The van der Waals surface area contributed by atoms with Gasteiger partial charge in [0.15, 0.2) is 5.69 Å². The first-order chi connectivity index (χ1) is 26.6. The van der Waals surface area contributed by atoms with Gasteiger partial charge in [-0.15, -0.1) is 0 Å². The Bertz CT molecular complexity index is 3100. The maximum absolute atomic E-state index is 8.48. The fourth-order valence-corrected chi connectivity index (χ4v) is 8.09. The van der Waals surface area contributed by atoms with Crippen LogP contribution in [0.15, 0.2) is 170 Å². The molecule has 7 aromatic carbocycles. The molecule has 0 aliphatic carbocycles. The van der Waals surface area contributed by atoms with E-state index >= 15 is 0 Å². The Morgan fingerprint density at radius 2 is 0.870 bits per heavy atom. The predicted octanol–water partition coefficient (Wildman–Crippen LogP) is 13.4. The first kappa shape index (κ1) is 31.5. The van der Waals surface area contributed by atoms with Crippen molar-refractivity contribution < 1.29 is 0 Å². The van der Waals surface area contributed by atoms with Crippen molar-refractivity contribution in [1.29, 1.82) is 0 Å². The van der Waals surface area contributed by atoms with Gasteiger partial charge < -0.3 is 9.13 Å². The zero-order valence-corrected chi connectivity index (χ0v) is 30.0. The monoisotopic (exact) mass is 690 g/mol. The van der Waals surface area contributed by atoms with E-state index in [4.69, 9.17) is 6.57 Å². The largest absolute Gasteiger partial charge is 0.308 e. The van der Waals surface area contributed by atoms with Gasteiger partial charge in [-0.2, -0.15) is 0 Å². The van der Waals surface area contributed by atoms with Crippen LogP contribution < -0.4 is 0 Å². The molecule has 254 valence electrons. The summed E-state index contributed by atoms with van der Waals surface area (Å²) in [6.07, 6.45) is 3.59. The van der Waals surface area contributed by atoms with Crippen LogP contribution in [0.25, 0.3) is 93.2 Å². The molecule has 0 N–H and O–H groups in total. The average Bonchev–Trinajstić information content (AvgIpc) is 3.73. The van der Waals surface area contributed by atoms with Crippen LogP contribution in [0.3, 0.4) is 0 Å². The first-order valence-corrected chi connectivity index (χ1v) is 18.2. The molecule has 0 bridgehead atoms. The third kappa shape index (κ3) is 5.02. The van der Waals surface area contributed by atoms with E-state index in [-0.39, 0.29) is 0 Å². The summed E-state index contributed by atoms with van der Waals surface area (Å²) in [4.78, 5) is 8.47. The van der Waals surface area contributed by atoms with Gasteiger partial charge >= 0.3 is 0 Å². The highest BCUT2D eigenvalue weighted by atomic mass is 15.1. The Balaban J connectivity index is 1.35. The summed E-state index contributed by atoms with van der Waals surface area (Å²) in [6.45, 7) is 12.7. The lowest BCUT2D eigenvalue weighted by Gasteiger charge is -2.20. The van der Waals surface area contributed by atoms with Gasteiger partial charge in [0.2, 0.25) is 0 Å². The minimum atomic E-state index is 0.585. The number of para-hydroxylation sites is 2.